The number of hydrogen-bond donors (Lipinski definition) is 1. The highest BCUT2D eigenvalue weighted by molar-refractivity contribution is 7.89. The minimum Gasteiger partial charge on any atom is -0.480 e. The van der Waals surface area contributed by atoms with Gasteiger partial charge in [0.1, 0.15) is 6.04 Å². The Kier molecular flexibility index (Phi) is 3.61. The second-order valence-corrected chi connectivity index (χ2v) is 6.40. The second kappa shape index (κ2) is 4.87. The predicted molar refractivity (Wildman–Crippen MR) is 66.0 cm³/mol. The van der Waals surface area contributed by atoms with Crippen molar-refractivity contribution in [2.75, 3.05) is 6.54 Å². The van der Waals surface area contributed by atoms with E-state index in [-0.39, 0.29) is 11.4 Å². The Morgan fingerprint density at radius 3 is 2.78 bits per heavy atom. The Balaban J connectivity index is 2.40. The summed E-state index contributed by atoms with van der Waals surface area (Å²) in [4.78, 5) is 11.1. The van der Waals surface area contributed by atoms with Gasteiger partial charge in [0.15, 0.2) is 0 Å². The fraction of sp³-hybridized carbons (Fsp3) is 0.364. The number of carboxylic acid groups (broad SMARTS) is 1. The van der Waals surface area contributed by atoms with Crippen LogP contribution >= 0.6 is 11.6 Å². The van der Waals surface area contributed by atoms with Crippen LogP contribution in [0.4, 0.5) is 0 Å². The zero-order valence-corrected chi connectivity index (χ0v) is 11.0. The summed E-state index contributed by atoms with van der Waals surface area (Å²) in [6, 6.07) is 4.86. The summed E-state index contributed by atoms with van der Waals surface area (Å²) in [6.45, 7) is 0.228. The summed E-state index contributed by atoms with van der Waals surface area (Å²) in [6.07, 6.45) is 0.895. The van der Waals surface area contributed by atoms with E-state index in [4.69, 9.17) is 16.7 Å². The van der Waals surface area contributed by atoms with Crippen molar-refractivity contribution in [3.8, 4) is 0 Å². The van der Waals surface area contributed by atoms with Gasteiger partial charge in [0.05, 0.1) is 4.90 Å². The lowest BCUT2D eigenvalue weighted by molar-refractivity contribution is -0.140. The number of hydrogen-bond acceptors (Lipinski definition) is 3. The van der Waals surface area contributed by atoms with Crippen molar-refractivity contribution in [1.82, 2.24) is 4.31 Å². The standard InChI is InChI=1S/C11H12ClNO4S/c12-8-3-1-4-9(7-8)18(16,17)13-6-2-5-10(13)11(14)15/h1,3-4,7,10H,2,5-6H2,(H,14,15)/t10-/m1/s1. The lowest BCUT2D eigenvalue weighted by Gasteiger charge is -2.20. The van der Waals surface area contributed by atoms with E-state index in [2.05, 4.69) is 0 Å². The third-order valence-corrected chi connectivity index (χ3v) is 5.03. The SMILES string of the molecule is O=C(O)[C@H]1CCCN1S(=O)(=O)c1cccc(Cl)c1. The molecule has 1 aromatic carbocycles. The molecule has 1 heterocycles. The molecule has 5 nitrogen and oxygen atoms in total. The van der Waals surface area contributed by atoms with Crippen molar-refractivity contribution >= 4 is 27.6 Å². The molecule has 0 amide bonds. The smallest absolute Gasteiger partial charge is 0.322 e. The number of benzene rings is 1. The van der Waals surface area contributed by atoms with Crippen LogP contribution in [0, 0.1) is 0 Å². The normalized spacial score (nSPS) is 21.1. The van der Waals surface area contributed by atoms with Crippen LogP contribution in [0.3, 0.4) is 0 Å². The molecule has 1 aliphatic heterocycles. The van der Waals surface area contributed by atoms with E-state index in [9.17, 15) is 13.2 Å². The molecule has 1 N–H and O–H groups in total. The molecule has 2 rings (SSSR count). The molecule has 0 radical (unpaired) electrons. The third-order valence-electron chi connectivity index (χ3n) is 2.89. The average molecular weight is 290 g/mol. The van der Waals surface area contributed by atoms with E-state index in [1.165, 1.54) is 18.2 Å². The minimum absolute atomic E-state index is 0.0307. The van der Waals surface area contributed by atoms with Crippen molar-refractivity contribution in [3.63, 3.8) is 0 Å². The fourth-order valence-electron chi connectivity index (χ4n) is 2.04. The molecule has 0 bridgehead atoms. The molecule has 7 heteroatoms. The predicted octanol–water partition coefficient (Wildman–Crippen LogP) is 1.58. The van der Waals surface area contributed by atoms with Gasteiger partial charge < -0.3 is 5.11 Å². The molecule has 98 valence electrons. The van der Waals surface area contributed by atoms with E-state index in [0.717, 1.165) is 4.31 Å². The van der Waals surface area contributed by atoms with Crippen LogP contribution in [0.25, 0.3) is 0 Å². The Bertz CT molecular complexity index is 572. The summed E-state index contributed by atoms with van der Waals surface area (Å²) < 4.78 is 25.6. The minimum atomic E-state index is -3.79. The monoisotopic (exact) mass is 289 g/mol. The molecule has 1 atom stereocenters. The molecule has 1 saturated heterocycles. The number of nitrogens with zero attached hydrogens (tertiary/aromatic N) is 1. The van der Waals surface area contributed by atoms with Crippen LogP contribution < -0.4 is 0 Å². The van der Waals surface area contributed by atoms with Gasteiger partial charge in [0.25, 0.3) is 0 Å². The topological polar surface area (TPSA) is 74.7 Å². The first-order chi connectivity index (χ1) is 8.43. The molecule has 1 fully saturated rings. The van der Waals surface area contributed by atoms with Crippen LogP contribution in [0.1, 0.15) is 12.8 Å². The summed E-state index contributed by atoms with van der Waals surface area (Å²) in [5.74, 6) is -1.11. The fourth-order valence-corrected chi connectivity index (χ4v) is 3.99. The number of carboxylic acids is 1. The Morgan fingerprint density at radius 1 is 1.44 bits per heavy atom. The highest BCUT2D eigenvalue weighted by atomic mass is 35.5. The van der Waals surface area contributed by atoms with Crippen molar-refractivity contribution < 1.29 is 18.3 Å². The Labute approximate surface area is 110 Å². The van der Waals surface area contributed by atoms with Crippen LogP contribution in [0.5, 0.6) is 0 Å². The van der Waals surface area contributed by atoms with Gasteiger partial charge in [-0.1, -0.05) is 17.7 Å². The van der Waals surface area contributed by atoms with Crippen LogP contribution in [-0.4, -0.2) is 36.4 Å². The largest absolute Gasteiger partial charge is 0.480 e. The van der Waals surface area contributed by atoms with Crippen molar-refractivity contribution in [1.29, 1.82) is 0 Å². The maximum Gasteiger partial charge on any atom is 0.322 e. The van der Waals surface area contributed by atoms with Gasteiger partial charge in [0, 0.05) is 11.6 Å². The zero-order chi connectivity index (χ0) is 13.3. The first kappa shape index (κ1) is 13.3. The second-order valence-electron chi connectivity index (χ2n) is 4.07. The van der Waals surface area contributed by atoms with Gasteiger partial charge in [-0.2, -0.15) is 4.31 Å². The maximum absolute atomic E-state index is 12.3. The molecule has 1 aliphatic rings. The van der Waals surface area contributed by atoms with Crippen molar-refractivity contribution in [3.05, 3.63) is 29.3 Å². The zero-order valence-electron chi connectivity index (χ0n) is 9.41. The Morgan fingerprint density at radius 2 is 2.17 bits per heavy atom. The number of aliphatic carboxylic acids is 1. The van der Waals surface area contributed by atoms with Gasteiger partial charge in [0.2, 0.25) is 10.0 Å². The summed E-state index contributed by atoms with van der Waals surface area (Å²) in [7, 11) is -3.79. The average Bonchev–Trinajstić information content (AvgIpc) is 2.78. The first-order valence-electron chi connectivity index (χ1n) is 5.43. The van der Waals surface area contributed by atoms with Gasteiger partial charge in [-0.3, -0.25) is 4.79 Å². The van der Waals surface area contributed by atoms with E-state index in [1.807, 2.05) is 0 Å². The number of sulfonamides is 1. The van der Waals surface area contributed by atoms with Gasteiger partial charge >= 0.3 is 5.97 Å². The summed E-state index contributed by atoms with van der Waals surface area (Å²) in [5, 5.41) is 9.32. The first-order valence-corrected chi connectivity index (χ1v) is 7.25. The Hall–Kier alpha value is -1.11. The molecule has 0 spiro atoms. The molecule has 0 aromatic heterocycles. The summed E-state index contributed by atoms with van der Waals surface area (Å²) in [5.41, 5.74) is 0. The lowest BCUT2D eigenvalue weighted by atomic mass is 10.2. The molecule has 1 aromatic rings. The van der Waals surface area contributed by atoms with E-state index >= 15 is 0 Å². The van der Waals surface area contributed by atoms with Gasteiger partial charge in [-0.25, -0.2) is 8.42 Å². The van der Waals surface area contributed by atoms with Gasteiger partial charge in [-0.15, -0.1) is 0 Å². The van der Waals surface area contributed by atoms with Crippen LogP contribution in [0.15, 0.2) is 29.2 Å². The van der Waals surface area contributed by atoms with Crippen LogP contribution in [-0.2, 0) is 14.8 Å². The molecule has 18 heavy (non-hydrogen) atoms. The van der Waals surface area contributed by atoms with Gasteiger partial charge in [-0.05, 0) is 31.0 Å². The summed E-state index contributed by atoms with van der Waals surface area (Å²) >= 11 is 5.76. The third kappa shape index (κ3) is 2.36. The highest BCUT2D eigenvalue weighted by Gasteiger charge is 2.39. The molecule has 0 saturated carbocycles. The van der Waals surface area contributed by atoms with E-state index in [0.29, 0.717) is 17.9 Å². The molecular formula is C11H12ClNO4S. The van der Waals surface area contributed by atoms with Crippen molar-refractivity contribution in [2.45, 2.75) is 23.8 Å². The van der Waals surface area contributed by atoms with E-state index < -0.39 is 22.0 Å². The molecule has 0 unspecified atom stereocenters. The number of rotatable bonds is 3. The van der Waals surface area contributed by atoms with E-state index in [1.54, 1.807) is 6.07 Å². The maximum atomic E-state index is 12.3. The van der Waals surface area contributed by atoms with Crippen LogP contribution in [0.2, 0.25) is 5.02 Å². The quantitative estimate of drug-likeness (QED) is 0.917. The number of carbonyl (C=O) groups is 1. The molecule has 0 aliphatic carbocycles. The van der Waals surface area contributed by atoms with Crippen molar-refractivity contribution in [2.24, 2.45) is 0 Å². The molecular weight excluding hydrogens is 278 g/mol. The lowest BCUT2D eigenvalue weighted by Crippen LogP contribution is -2.40. The number of halogens is 1. The highest BCUT2D eigenvalue weighted by Crippen LogP contribution is 2.27.